The summed E-state index contributed by atoms with van der Waals surface area (Å²) >= 11 is 0. The summed E-state index contributed by atoms with van der Waals surface area (Å²) in [5, 5.41) is 16.3. The second-order valence-corrected chi connectivity index (χ2v) is 7.53. The molecule has 0 aromatic carbocycles. The van der Waals surface area contributed by atoms with E-state index in [0.717, 1.165) is 57.6 Å². The van der Waals surface area contributed by atoms with Gasteiger partial charge in [0, 0.05) is 44.1 Å². The number of aryl methyl sites for hydroxylation is 1. The third-order valence-electron chi connectivity index (χ3n) is 5.80. The van der Waals surface area contributed by atoms with Crippen molar-refractivity contribution in [2.24, 2.45) is 0 Å². The van der Waals surface area contributed by atoms with Crippen LogP contribution in [0.25, 0.3) is 0 Å². The van der Waals surface area contributed by atoms with E-state index in [9.17, 15) is 4.79 Å². The Hall–Kier alpha value is -2.18. The molecule has 1 amide bonds. The van der Waals surface area contributed by atoms with Crippen molar-refractivity contribution in [3.8, 4) is 0 Å². The average Bonchev–Trinajstić information content (AvgIpc) is 3.38. The Labute approximate surface area is 146 Å². The normalized spacial score (nSPS) is 20.6. The molecule has 1 N–H and O–H groups in total. The molecule has 0 radical (unpaired) electrons. The molecule has 2 aromatic heterocycles. The standard InChI is InChI=1S/C18H24N6O/c25-18(17-22-20-15-4-2-1-3-9-24(15)17)23-10-7-13-14(8-11-23)19-21-16(13)12-5-6-12/h12H,1-11H2,(H,19,21). The van der Waals surface area contributed by atoms with Crippen molar-refractivity contribution in [2.45, 2.75) is 63.8 Å². The van der Waals surface area contributed by atoms with Crippen molar-refractivity contribution in [1.29, 1.82) is 0 Å². The van der Waals surface area contributed by atoms with Gasteiger partial charge < -0.3 is 9.47 Å². The summed E-state index contributed by atoms with van der Waals surface area (Å²) < 4.78 is 2.05. The molecule has 7 nitrogen and oxygen atoms in total. The van der Waals surface area contributed by atoms with Crippen LogP contribution in [0.2, 0.25) is 0 Å². The predicted molar refractivity (Wildman–Crippen MR) is 91.5 cm³/mol. The maximum absolute atomic E-state index is 13.1. The van der Waals surface area contributed by atoms with E-state index in [0.29, 0.717) is 11.7 Å². The predicted octanol–water partition coefficient (Wildman–Crippen LogP) is 1.85. The lowest BCUT2D eigenvalue weighted by atomic mass is 10.1. The smallest absolute Gasteiger partial charge is 0.291 e. The molecular weight excluding hydrogens is 316 g/mol. The maximum Gasteiger partial charge on any atom is 0.291 e. The molecule has 2 aromatic rings. The fraction of sp³-hybridized carbons (Fsp3) is 0.667. The lowest BCUT2D eigenvalue weighted by Crippen LogP contribution is -2.35. The molecule has 3 aliphatic rings. The van der Waals surface area contributed by atoms with Gasteiger partial charge in [-0.2, -0.15) is 5.10 Å². The van der Waals surface area contributed by atoms with Crippen LogP contribution in [0.15, 0.2) is 0 Å². The van der Waals surface area contributed by atoms with Gasteiger partial charge in [0.15, 0.2) is 0 Å². The van der Waals surface area contributed by atoms with E-state index in [-0.39, 0.29) is 5.91 Å². The summed E-state index contributed by atoms with van der Waals surface area (Å²) in [5.74, 6) is 2.19. The van der Waals surface area contributed by atoms with Crippen LogP contribution in [-0.4, -0.2) is 48.9 Å². The second-order valence-electron chi connectivity index (χ2n) is 7.53. The fourth-order valence-electron chi connectivity index (χ4n) is 4.19. The first-order valence-corrected chi connectivity index (χ1v) is 9.58. The largest absolute Gasteiger partial charge is 0.335 e. The number of aromatic amines is 1. The van der Waals surface area contributed by atoms with Gasteiger partial charge in [0.1, 0.15) is 5.82 Å². The van der Waals surface area contributed by atoms with Crippen LogP contribution in [0.1, 0.15) is 71.4 Å². The van der Waals surface area contributed by atoms with Crippen LogP contribution in [0, 0.1) is 0 Å². The zero-order chi connectivity index (χ0) is 16.8. The van der Waals surface area contributed by atoms with Crippen molar-refractivity contribution in [3.05, 3.63) is 28.6 Å². The third-order valence-corrected chi connectivity index (χ3v) is 5.80. The van der Waals surface area contributed by atoms with E-state index < -0.39 is 0 Å². The summed E-state index contributed by atoms with van der Waals surface area (Å²) in [6.45, 7) is 2.33. The number of nitrogens with one attached hydrogen (secondary N) is 1. The Morgan fingerprint density at radius 3 is 2.76 bits per heavy atom. The summed E-state index contributed by atoms with van der Waals surface area (Å²) in [6.07, 6.45) is 8.63. The molecule has 0 saturated heterocycles. The summed E-state index contributed by atoms with van der Waals surface area (Å²) in [7, 11) is 0. The molecule has 1 aliphatic carbocycles. The Morgan fingerprint density at radius 2 is 1.88 bits per heavy atom. The van der Waals surface area contributed by atoms with Gasteiger partial charge in [-0.05, 0) is 37.7 Å². The molecule has 1 saturated carbocycles. The molecule has 25 heavy (non-hydrogen) atoms. The fourth-order valence-corrected chi connectivity index (χ4v) is 4.19. The van der Waals surface area contributed by atoms with Crippen molar-refractivity contribution in [3.63, 3.8) is 0 Å². The van der Waals surface area contributed by atoms with Crippen LogP contribution in [0.4, 0.5) is 0 Å². The van der Waals surface area contributed by atoms with E-state index in [1.807, 2.05) is 4.90 Å². The van der Waals surface area contributed by atoms with E-state index in [4.69, 9.17) is 0 Å². The van der Waals surface area contributed by atoms with E-state index in [1.54, 1.807) is 0 Å². The number of rotatable bonds is 2. The first-order valence-electron chi connectivity index (χ1n) is 9.58. The quantitative estimate of drug-likeness (QED) is 0.905. The molecule has 0 unspecified atom stereocenters. The molecule has 0 bridgehead atoms. The van der Waals surface area contributed by atoms with Crippen LogP contribution >= 0.6 is 0 Å². The van der Waals surface area contributed by atoms with Gasteiger partial charge in [-0.1, -0.05) is 6.42 Å². The average molecular weight is 340 g/mol. The van der Waals surface area contributed by atoms with Gasteiger partial charge in [0.25, 0.3) is 5.91 Å². The van der Waals surface area contributed by atoms with Crippen molar-refractivity contribution in [2.75, 3.05) is 13.1 Å². The van der Waals surface area contributed by atoms with Gasteiger partial charge in [-0.3, -0.25) is 9.89 Å². The molecule has 7 heteroatoms. The van der Waals surface area contributed by atoms with E-state index in [2.05, 4.69) is 25.0 Å². The molecular formula is C18H24N6O. The van der Waals surface area contributed by atoms with Gasteiger partial charge in [0.05, 0.1) is 5.69 Å². The van der Waals surface area contributed by atoms with Crippen molar-refractivity contribution >= 4 is 5.91 Å². The van der Waals surface area contributed by atoms with Crippen LogP contribution in [-0.2, 0) is 25.8 Å². The van der Waals surface area contributed by atoms with Crippen LogP contribution in [0.5, 0.6) is 0 Å². The topological polar surface area (TPSA) is 79.7 Å². The number of carbonyl (C=O) groups is 1. The summed E-state index contributed by atoms with van der Waals surface area (Å²) in [6, 6.07) is 0. The van der Waals surface area contributed by atoms with Crippen molar-refractivity contribution in [1.82, 2.24) is 29.9 Å². The first-order chi connectivity index (χ1) is 12.3. The minimum Gasteiger partial charge on any atom is -0.335 e. The number of H-pyrrole nitrogens is 1. The lowest BCUT2D eigenvalue weighted by Gasteiger charge is -2.20. The minimum absolute atomic E-state index is 0.0340. The monoisotopic (exact) mass is 340 g/mol. The molecule has 4 heterocycles. The lowest BCUT2D eigenvalue weighted by molar-refractivity contribution is 0.0744. The van der Waals surface area contributed by atoms with E-state index in [1.165, 1.54) is 36.2 Å². The number of aromatic nitrogens is 5. The van der Waals surface area contributed by atoms with Crippen LogP contribution < -0.4 is 0 Å². The molecule has 5 rings (SSSR count). The highest BCUT2D eigenvalue weighted by atomic mass is 16.2. The first kappa shape index (κ1) is 15.1. The number of hydrogen-bond donors (Lipinski definition) is 1. The Morgan fingerprint density at radius 1 is 1.00 bits per heavy atom. The summed E-state index contributed by atoms with van der Waals surface area (Å²) in [5.41, 5.74) is 3.83. The Kier molecular flexibility index (Phi) is 3.60. The molecule has 0 spiro atoms. The van der Waals surface area contributed by atoms with Gasteiger partial charge in [-0.25, -0.2) is 0 Å². The number of nitrogens with zero attached hydrogens (tertiary/aromatic N) is 5. The highest BCUT2D eigenvalue weighted by molar-refractivity contribution is 5.90. The maximum atomic E-state index is 13.1. The number of fused-ring (bicyclic) bond motifs is 2. The van der Waals surface area contributed by atoms with Gasteiger partial charge >= 0.3 is 0 Å². The number of carbonyl (C=O) groups excluding carboxylic acids is 1. The third kappa shape index (κ3) is 2.65. The highest BCUT2D eigenvalue weighted by Gasteiger charge is 2.32. The number of amides is 1. The van der Waals surface area contributed by atoms with Crippen LogP contribution in [0.3, 0.4) is 0 Å². The molecule has 132 valence electrons. The zero-order valence-corrected chi connectivity index (χ0v) is 14.5. The number of hydrogen-bond acceptors (Lipinski definition) is 4. The molecule has 1 fully saturated rings. The van der Waals surface area contributed by atoms with Gasteiger partial charge in [-0.15, -0.1) is 10.2 Å². The Bertz CT molecular complexity index is 803. The highest BCUT2D eigenvalue weighted by Crippen LogP contribution is 2.41. The molecule has 0 atom stereocenters. The molecule has 2 aliphatic heterocycles. The van der Waals surface area contributed by atoms with Crippen molar-refractivity contribution < 1.29 is 4.79 Å². The summed E-state index contributed by atoms with van der Waals surface area (Å²) in [4.78, 5) is 15.0. The SMILES string of the molecule is O=C(c1nnc2n1CCCCC2)N1CCc2[nH]nc(C3CC3)c2CC1. The van der Waals surface area contributed by atoms with E-state index >= 15 is 0 Å². The zero-order valence-electron chi connectivity index (χ0n) is 14.5. The van der Waals surface area contributed by atoms with Gasteiger partial charge in [0.2, 0.25) is 5.82 Å². The second kappa shape index (κ2) is 5.97. The minimum atomic E-state index is 0.0340. The Balaban J connectivity index is 1.36.